The molecular weight excluding hydrogens is 390 g/mol. The van der Waals surface area contributed by atoms with Crippen molar-refractivity contribution in [3.63, 3.8) is 0 Å². The lowest BCUT2D eigenvalue weighted by atomic mass is 10.0. The summed E-state index contributed by atoms with van der Waals surface area (Å²) in [6.45, 7) is 3.71. The van der Waals surface area contributed by atoms with E-state index in [4.69, 9.17) is 20.9 Å². The first-order chi connectivity index (χ1) is 14.5. The topological polar surface area (TPSA) is 101 Å². The number of hydrogen-bond acceptors (Lipinski definition) is 7. The predicted octanol–water partition coefficient (Wildman–Crippen LogP) is 3.14. The third-order valence-corrected chi connectivity index (χ3v) is 5.02. The van der Waals surface area contributed by atoms with Crippen molar-refractivity contribution < 1.29 is 13.5 Å². The standard InChI is InChI=1S/C21H20F2N6O/c1-12-11-30-9-8-29(12)18-10-15(14-2-3-17(22)27-21(14)23)13-5-7-26-20(19(13)28-18)16(25)4-6-24/h2-7,10,12,24H,8-9,11,25H2,1H3/b16-4-,24-6?/t12-/m1/s1. The van der Waals surface area contributed by atoms with Crippen LogP contribution in [0.25, 0.3) is 27.7 Å². The molecule has 0 saturated carbocycles. The van der Waals surface area contributed by atoms with Crippen molar-refractivity contribution in [2.24, 2.45) is 5.73 Å². The summed E-state index contributed by atoms with van der Waals surface area (Å²) in [5.74, 6) is -1.20. The maximum absolute atomic E-state index is 14.6. The van der Waals surface area contributed by atoms with Gasteiger partial charge in [0.05, 0.1) is 25.0 Å². The Morgan fingerprint density at radius 2 is 2.10 bits per heavy atom. The Morgan fingerprint density at radius 1 is 1.27 bits per heavy atom. The fourth-order valence-electron chi connectivity index (χ4n) is 3.57. The van der Waals surface area contributed by atoms with Crippen molar-refractivity contribution in [1.29, 1.82) is 5.41 Å². The van der Waals surface area contributed by atoms with E-state index in [1.165, 1.54) is 12.1 Å². The Balaban J connectivity index is 2.02. The molecule has 7 nitrogen and oxygen atoms in total. The van der Waals surface area contributed by atoms with E-state index in [1.807, 2.05) is 6.92 Å². The maximum atomic E-state index is 14.6. The Kier molecular flexibility index (Phi) is 5.37. The van der Waals surface area contributed by atoms with E-state index < -0.39 is 11.9 Å². The summed E-state index contributed by atoms with van der Waals surface area (Å²) in [7, 11) is 0. The summed E-state index contributed by atoms with van der Waals surface area (Å²) in [4.78, 5) is 14.5. The molecule has 0 aliphatic carbocycles. The largest absolute Gasteiger partial charge is 0.397 e. The molecule has 0 radical (unpaired) electrons. The van der Waals surface area contributed by atoms with Crippen LogP contribution in [0, 0.1) is 17.3 Å². The van der Waals surface area contributed by atoms with Gasteiger partial charge in [0.25, 0.3) is 0 Å². The Morgan fingerprint density at radius 3 is 2.83 bits per heavy atom. The monoisotopic (exact) mass is 410 g/mol. The smallest absolute Gasteiger partial charge is 0.223 e. The minimum Gasteiger partial charge on any atom is -0.397 e. The number of rotatable bonds is 4. The molecule has 0 amide bonds. The molecule has 30 heavy (non-hydrogen) atoms. The molecule has 3 aromatic heterocycles. The highest BCUT2D eigenvalue weighted by Crippen LogP contribution is 2.35. The lowest BCUT2D eigenvalue weighted by Gasteiger charge is -2.34. The van der Waals surface area contributed by atoms with Gasteiger partial charge in [-0.3, -0.25) is 4.98 Å². The minimum atomic E-state index is -0.912. The first kappa shape index (κ1) is 19.8. The average molecular weight is 410 g/mol. The molecular formula is C21H20F2N6O. The molecule has 1 saturated heterocycles. The van der Waals surface area contributed by atoms with E-state index in [1.54, 1.807) is 18.3 Å². The molecule has 1 atom stereocenters. The van der Waals surface area contributed by atoms with E-state index >= 15 is 0 Å². The number of allylic oxidation sites excluding steroid dienone is 1. The van der Waals surface area contributed by atoms with Crippen LogP contribution >= 0.6 is 0 Å². The minimum absolute atomic E-state index is 0.0577. The summed E-state index contributed by atoms with van der Waals surface area (Å²) in [6, 6.07) is 6.00. The lowest BCUT2D eigenvalue weighted by molar-refractivity contribution is 0.0986. The molecule has 0 unspecified atom stereocenters. The lowest BCUT2D eigenvalue weighted by Crippen LogP contribution is -2.44. The zero-order chi connectivity index (χ0) is 21.3. The van der Waals surface area contributed by atoms with E-state index in [0.717, 1.165) is 12.3 Å². The van der Waals surface area contributed by atoms with Crippen LogP contribution < -0.4 is 10.6 Å². The van der Waals surface area contributed by atoms with E-state index in [0.29, 0.717) is 47.7 Å². The van der Waals surface area contributed by atoms with Gasteiger partial charge in [0.2, 0.25) is 11.9 Å². The molecule has 4 rings (SSSR count). The molecule has 9 heteroatoms. The number of ether oxygens (including phenoxy) is 1. The average Bonchev–Trinajstić information content (AvgIpc) is 2.73. The van der Waals surface area contributed by atoms with Crippen LogP contribution in [-0.2, 0) is 4.74 Å². The van der Waals surface area contributed by atoms with Crippen LogP contribution in [0.4, 0.5) is 14.6 Å². The van der Waals surface area contributed by atoms with Gasteiger partial charge in [-0.25, -0.2) is 4.98 Å². The normalized spacial score (nSPS) is 17.4. The van der Waals surface area contributed by atoms with Crippen molar-refractivity contribution in [2.75, 3.05) is 24.7 Å². The van der Waals surface area contributed by atoms with Crippen LogP contribution in [0.2, 0.25) is 0 Å². The van der Waals surface area contributed by atoms with Crippen LogP contribution in [0.5, 0.6) is 0 Å². The van der Waals surface area contributed by atoms with Crippen molar-refractivity contribution in [3.05, 3.63) is 54.1 Å². The summed E-state index contributed by atoms with van der Waals surface area (Å²) >= 11 is 0. The number of pyridine rings is 3. The molecule has 0 bridgehead atoms. The Hall–Kier alpha value is -3.46. The van der Waals surface area contributed by atoms with Crippen molar-refractivity contribution in [1.82, 2.24) is 15.0 Å². The number of fused-ring (bicyclic) bond motifs is 1. The predicted molar refractivity (Wildman–Crippen MR) is 111 cm³/mol. The third-order valence-electron chi connectivity index (χ3n) is 5.02. The van der Waals surface area contributed by atoms with Crippen LogP contribution in [0.3, 0.4) is 0 Å². The van der Waals surface area contributed by atoms with Crippen LogP contribution in [0.15, 0.2) is 36.5 Å². The highest BCUT2D eigenvalue weighted by atomic mass is 19.1. The highest BCUT2D eigenvalue weighted by molar-refractivity contribution is 6.01. The second-order valence-electron chi connectivity index (χ2n) is 6.96. The fraction of sp³-hybridized carbons (Fsp3) is 0.238. The van der Waals surface area contributed by atoms with Gasteiger partial charge in [0, 0.05) is 29.9 Å². The van der Waals surface area contributed by atoms with E-state index in [2.05, 4.69) is 14.9 Å². The molecule has 0 aromatic carbocycles. The number of anilines is 1. The van der Waals surface area contributed by atoms with Crippen LogP contribution in [0.1, 0.15) is 12.6 Å². The number of nitrogens with one attached hydrogen (secondary N) is 1. The quantitative estimate of drug-likeness (QED) is 0.506. The molecule has 3 aromatic rings. The van der Waals surface area contributed by atoms with Gasteiger partial charge in [-0.2, -0.15) is 13.8 Å². The first-order valence-electron chi connectivity index (χ1n) is 9.42. The number of nitrogens with two attached hydrogens (primary N) is 1. The number of aromatic nitrogens is 3. The van der Waals surface area contributed by atoms with E-state index in [9.17, 15) is 8.78 Å². The molecule has 0 spiro atoms. The van der Waals surface area contributed by atoms with Crippen molar-refractivity contribution >= 4 is 28.6 Å². The second kappa shape index (κ2) is 8.11. The zero-order valence-electron chi connectivity index (χ0n) is 16.3. The first-order valence-corrected chi connectivity index (χ1v) is 9.42. The number of nitrogens with zero attached hydrogens (tertiary/aromatic N) is 4. The van der Waals surface area contributed by atoms with Crippen LogP contribution in [-0.4, -0.2) is 47.0 Å². The number of halogens is 2. The number of hydrogen-bond donors (Lipinski definition) is 2. The fourth-order valence-corrected chi connectivity index (χ4v) is 3.57. The Labute approximate surface area is 171 Å². The molecule has 154 valence electrons. The summed E-state index contributed by atoms with van der Waals surface area (Å²) in [5, 5.41) is 7.90. The van der Waals surface area contributed by atoms with Gasteiger partial charge in [-0.05, 0) is 42.8 Å². The van der Waals surface area contributed by atoms with Gasteiger partial charge in [-0.1, -0.05) is 0 Å². The Bertz CT molecular complexity index is 1150. The van der Waals surface area contributed by atoms with Gasteiger partial charge >= 0.3 is 0 Å². The summed E-state index contributed by atoms with van der Waals surface area (Å²) < 4.78 is 33.5. The van der Waals surface area contributed by atoms with Crippen molar-refractivity contribution in [3.8, 4) is 11.1 Å². The summed E-state index contributed by atoms with van der Waals surface area (Å²) in [6.07, 6.45) is 4.01. The third kappa shape index (κ3) is 3.59. The molecule has 4 heterocycles. The molecule has 1 aliphatic heterocycles. The highest BCUT2D eigenvalue weighted by Gasteiger charge is 2.24. The summed E-state index contributed by atoms with van der Waals surface area (Å²) in [5.41, 5.74) is 7.87. The van der Waals surface area contributed by atoms with Gasteiger partial charge in [0.15, 0.2) is 0 Å². The SMILES string of the molecule is C[C@@H]1COCCN1c1cc(-c2ccc(F)nc2F)c2ccnc(/C(N)=C/C=N)c2n1. The van der Waals surface area contributed by atoms with Gasteiger partial charge in [0.1, 0.15) is 17.0 Å². The van der Waals surface area contributed by atoms with Gasteiger partial charge in [-0.15, -0.1) is 0 Å². The van der Waals surface area contributed by atoms with E-state index in [-0.39, 0.29) is 17.3 Å². The number of morpholine rings is 1. The molecule has 1 aliphatic rings. The maximum Gasteiger partial charge on any atom is 0.223 e. The second-order valence-corrected chi connectivity index (χ2v) is 6.96. The molecule has 1 fully saturated rings. The van der Waals surface area contributed by atoms with Gasteiger partial charge < -0.3 is 20.8 Å². The van der Waals surface area contributed by atoms with Crippen molar-refractivity contribution in [2.45, 2.75) is 13.0 Å². The molecule has 3 N–H and O–H groups in total. The zero-order valence-corrected chi connectivity index (χ0v) is 16.3.